The van der Waals surface area contributed by atoms with Crippen molar-refractivity contribution in [3.05, 3.63) is 12.4 Å². The number of guanidine groups is 1. The average Bonchev–Trinajstić information content (AvgIpc) is 2.86. The molecule has 0 saturated heterocycles. The Hall–Kier alpha value is -1.72. The van der Waals surface area contributed by atoms with E-state index in [0.29, 0.717) is 19.4 Å². The number of nitrogens with two attached hydrogens (primary N) is 2. The van der Waals surface area contributed by atoms with Gasteiger partial charge in [-0.25, -0.2) is 4.79 Å². The van der Waals surface area contributed by atoms with Crippen LogP contribution in [0.25, 0.3) is 0 Å². The number of hydrogen-bond donors (Lipinski definition) is 3. The summed E-state index contributed by atoms with van der Waals surface area (Å²) >= 11 is 0. The Kier molecular flexibility index (Phi) is 3.33. The number of carboxylic acid groups (broad SMARTS) is 1. The fraction of sp³-hybridized carbons (Fsp3) is 0.500. The van der Waals surface area contributed by atoms with Gasteiger partial charge in [0.1, 0.15) is 6.04 Å². The Morgan fingerprint density at radius 3 is 2.57 bits per heavy atom. The normalized spacial score (nSPS) is 15.0. The zero-order valence-corrected chi connectivity index (χ0v) is 7.76. The number of carboxylic acids is 1. The van der Waals surface area contributed by atoms with Gasteiger partial charge in [0.05, 0.1) is 0 Å². The van der Waals surface area contributed by atoms with Crippen LogP contribution in [0, 0.1) is 0 Å². The van der Waals surface area contributed by atoms with E-state index in [0.717, 1.165) is 0 Å². The minimum absolute atomic E-state index is 0.0433. The van der Waals surface area contributed by atoms with Crippen molar-refractivity contribution in [3.63, 3.8) is 0 Å². The summed E-state index contributed by atoms with van der Waals surface area (Å²) in [6, 6.07) is -0.468. The Labute approximate surface area is 81.9 Å². The maximum absolute atomic E-state index is 10.7. The highest BCUT2D eigenvalue weighted by molar-refractivity contribution is 5.75. The predicted octanol–water partition coefficient (Wildman–Crippen LogP) is -0.720. The second-order valence-corrected chi connectivity index (χ2v) is 3.05. The van der Waals surface area contributed by atoms with E-state index in [4.69, 9.17) is 16.6 Å². The summed E-state index contributed by atoms with van der Waals surface area (Å²) in [5, 5.41) is 8.83. The molecule has 1 rings (SSSR count). The number of nitrogens with zero attached hydrogens (tertiary/aromatic N) is 2. The molecule has 0 amide bonds. The van der Waals surface area contributed by atoms with E-state index in [2.05, 4.69) is 4.99 Å². The second kappa shape index (κ2) is 4.50. The molecular formula is C8H14N4O2. The van der Waals surface area contributed by atoms with Crippen LogP contribution in [-0.4, -0.2) is 34.5 Å². The van der Waals surface area contributed by atoms with Crippen LogP contribution in [0.5, 0.6) is 0 Å². The lowest BCUT2D eigenvalue weighted by Gasteiger charge is -2.13. The van der Waals surface area contributed by atoms with E-state index in [1.54, 1.807) is 17.3 Å². The second-order valence-electron chi connectivity index (χ2n) is 3.05. The SMILES string of the molecule is NC(N)=NCCC[C@@H](C(=O)O)N1C=C1. The highest BCUT2D eigenvalue weighted by Crippen LogP contribution is 2.17. The monoisotopic (exact) mass is 198 g/mol. The molecule has 0 unspecified atom stereocenters. The zero-order valence-electron chi connectivity index (χ0n) is 7.76. The first-order valence-electron chi connectivity index (χ1n) is 4.35. The maximum Gasteiger partial charge on any atom is 0.326 e. The van der Waals surface area contributed by atoms with Gasteiger partial charge in [-0.15, -0.1) is 0 Å². The molecule has 78 valence electrons. The minimum atomic E-state index is -0.820. The van der Waals surface area contributed by atoms with Crippen molar-refractivity contribution in [2.24, 2.45) is 16.5 Å². The molecule has 1 aliphatic rings. The van der Waals surface area contributed by atoms with E-state index in [1.807, 2.05) is 0 Å². The molecule has 1 heterocycles. The van der Waals surface area contributed by atoms with Crippen LogP contribution >= 0.6 is 0 Å². The molecular weight excluding hydrogens is 184 g/mol. The molecule has 1 aliphatic heterocycles. The summed E-state index contributed by atoms with van der Waals surface area (Å²) < 4.78 is 0. The van der Waals surface area contributed by atoms with Crippen LogP contribution in [0.3, 0.4) is 0 Å². The summed E-state index contributed by atoms with van der Waals surface area (Å²) in [7, 11) is 0. The lowest BCUT2D eigenvalue weighted by atomic mass is 10.1. The van der Waals surface area contributed by atoms with Crippen LogP contribution in [0.4, 0.5) is 0 Å². The summed E-state index contributed by atoms with van der Waals surface area (Å²) in [6.07, 6.45) is 4.67. The van der Waals surface area contributed by atoms with E-state index in [-0.39, 0.29) is 5.96 Å². The highest BCUT2D eigenvalue weighted by atomic mass is 16.4. The van der Waals surface area contributed by atoms with Crippen molar-refractivity contribution in [1.29, 1.82) is 0 Å². The quantitative estimate of drug-likeness (QED) is 0.297. The van der Waals surface area contributed by atoms with E-state index >= 15 is 0 Å². The number of hydrogen-bond acceptors (Lipinski definition) is 3. The van der Waals surface area contributed by atoms with Crippen LogP contribution in [0.15, 0.2) is 17.4 Å². The van der Waals surface area contributed by atoms with Crippen molar-refractivity contribution in [3.8, 4) is 0 Å². The Balaban J connectivity index is 2.20. The number of carbonyl (C=O) groups is 1. The molecule has 0 fully saturated rings. The lowest BCUT2D eigenvalue weighted by molar-refractivity contribution is -0.141. The molecule has 0 aliphatic carbocycles. The molecule has 0 aromatic carbocycles. The topological polar surface area (TPSA) is 105 Å². The third-order valence-corrected chi connectivity index (χ3v) is 1.90. The van der Waals surface area contributed by atoms with E-state index in [9.17, 15) is 4.79 Å². The third-order valence-electron chi connectivity index (χ3n) is 1.90. The summed E-state index contributed by atoms with van der Waals surface area (Å²) in [5.41, 5.74) is 10.3. The summed E-state index contributed by atoms with van der Waals surface area (Å²) in [5.74, 6) is -0.776. The van der Waals surface area contributed by atoms with Crippen LogP contribution in [0.1, 0.15) is 12.8 Å². The fourth-order valence-corrected chi connectivity index (χ4v) is 1.14. The zero-order chi connectivity index (χ0) is 10.6. The van der Waals surface area contributed by atoms with Crippen molar-refractivity contribution >= 4 is 11.9 Å². The van der Waals surface area contributed by atoms with Crippen molar-refractivity contribution in [2.45, 2.75) is 18.9 Å². The molecule has 5 N–H and O–H groups in total. The maximum atomic E-state index is 10.7. The highest BCUT2D eigenvalue weighted by Gasteiger charge is 2.25. The molecule has 14 heavy (non-hydrogen) atoms. The summed E-state index contributed by atoms with van der Waals surface area (Å²) in [4.78, 5) is 16.2. The molecule has 1 atom stereocenters. The Bertz CT molecular complexity index is 265. The van der Waals surface area contributed by atoms with Crippen LogP contribution < -0.4 is 11.5 Å². The van der Waals surface area contributed by atoms with Crippen molar-refractivity contribution < 1.29 is 9.90 Å². The van der Waals surface area contributed by atoms with Gasteiger partial charge in [0, 0.05) is 18.9 Å². The standard InChI is InChI=1S/C8H14N4O2/c9-8(10)11-3-1-2-6(7(13)14)12-4-5-12/h4-6H,1-3H2,(H,13,14)(H4,9,10,11)/t6-/m0/s1. The van der Waals surface area contributed by atoms with Gasteiger partial charge in [0.2, 0.25) is 0 Å². The molecule has 0 radical (unpaired) electrons. The average molecular weight is 198 g/mol. The van der Waals surface area contributed by atoms with Gasteiger partial charge < -0.3 is 21.5 Å². The van der Waals surface area contributed by atoms with Gasteiger partial charge in [0.25, 0.3) is 0 Å². The van der Waals surface area contributed by atoms with Gasteiger partial charge >= 0.3 is 5.97 Å². The molecule has 0 aromatic rings. The van der Waals surface area contributed by atoms with Gasteiger partial charge in [-0.05, 0) is 12.8 Å². The largest absolute Gasteiger partial charge is 0.480 e. The fourth-order valence-electron chi connectivity index (χ4n) is 1.14. The molecule has 0 aromatic heterocycles. The van der Waals surface area contributed by atoms with Gasteiger partial charge in [-0.3, -0.25) is 4.99 Å². The Morgan fingerprint density at radius 2 is 2.14 bits per heavy atom. The lowest BCUT2D eigenvalue weighted by Crippen LogP contribution is -2.29. The Morgan fingerprint density at radius 1 is 1.50 bits per heavy atom. The third kappa shape index (κ3) is 3.34. The molecule has 6 nitrogen and oxygen atoms in total. The molecule has 0 saturated carbocycles. The van der Waals surface area contributed by atoms with Crippen LogP contribution in [-0.2, 0) is 4.79 Å². The molecule has 6 heteroatoms. The van der Waals surface area contributed by atoms with E-state index in [1.165, 1.54) is 0 Å². The molecule has 0 bridgehead atoms. The van der Waals surface area contributed by atoms with Gasteiger partial charge in [-0.2, -0.15) is 0 Å². The van der Waals surface area contributed by atoms with Crippen LogP contribution in [0.2, 0.25) is 0 Å². The molecule has 0 spiro atoms. The predicted molar refractivity (Wildman–Crippen MR) is 52.3 cm³/mol. The van der Waals surface area contributed by atoms with Crippen molar-refractivity contribution in [2.75, 3.05) is 6.54 Å². The first-order chi connectivity index (χ1) is 6.61. The summed E-state index contributed by atoms with van der Waals surface area (Å²) in [6.45, 7) is 0.472. The first kappa shape index (κ1) is 10.4. The minimum Gasteiger partial charge on any atom is -0.480 e. The van der Waals surface area contributed by atoms with Crippen molar-refractivity contribution in [1.82, 2.24) is 4.90 Å². The number of aliphatic imine (C=N–C) groups is 1. The van der Waals surface area contributed by atoms with Gasteiger partial charge in [0.15, 0.2) is 5.96 Å². The number of aliphatic carboxylic acids is 1. The smallest absolute Gasteiger partial charge is 0.326 e. The van der Waals surface area contributed by atoms with E-state index < -0.39 is 12.0 Å². The first-order valence-corrected chi connectivity index (χ1v) is 4.35. The number of rotatable bonds is 6. The van der Waals surface area contributed by atoms with Gasteiger partial charge in [-0.1, -0.05) is 0 Å².